The molecule has 3 rings (SSSR count). The number of aryl methyl sites for hydroxylation is 2. The van der Waals surface area contributed by atoms with E-state index in [1.807, 2.05) is 38.1 Å². The number of thiophene rings is 1. The summed E-state index contributed by atoms with van der Waals surface area (Å²) in [5.74, 6) is 0. The summed E-state index contributed by atoms with van der Waals surface area (Å²) in [6, 6.07) is 8.06. The minimum absolute atomic E-state index is 0.239. The number of nitrogens with one attached hydrogen (secondary N) is 1. The number of rotatable bonds is 4. The first-order chi connectivity index (χ1) is 11.0. The summed E-state index contributed by atoms with van der Waals surface area (Å²) in [6.07, 6.45) is 0. The van der Waals surface area contributed by atoms with Gasteiger partial charge in [0.2, 0.25) is 0 Å². The normalized spacial score (nSPS) is 11.3. The van der Waals surface area contributed by atoms with E-state index < -0.39 is 5.69 Å². The SMILES string of the molecule is COCCn1c(=O)[nH]c2sc(C)c(-c3ccc(C)cc3)c2c1=O. The molecule has 0 spiro atoms. The topological polar surface area (TPSA) is 64.1 Å². The molecular formula is C17H18N2O3S. The average Bonchev–Trinajstić information content (AvgIpc) is 2.84. The van der Waals surface area contributed by atoms with Crippen molar-refractivity contribution in [2.75, 3.05) is 13.7 Å². The standard InChI is InChI=1S/C17H18N2O3S/c1-10-4-6-12(7-5-10)13-11(2)23-15-14(13)16(20)19(8-9-22-3)17(21)18-15/h4-7H,8-9H2,1-3H3,(H,18,21). The summed E-state index contributed by atoms with van der Waals surface area (Å²) in [7, 11) is 1.55. The summed E-state index contributed by atoms with van der Waals surface area (Å²) < 4.78 is 6.20. The van der Waals surface area contributed by atoms with Gasteiger partial charge in [-0.2, -0.15) is 0 Å². The Bertz CT molecular complexity index is 964. The number of methoxy groups -OCH3 is 1. The van der Waals surface area contributed by atoms with Gasteiger partial charge < -0.3 is 4.74 Å². The molecule has 1 N–H and O–H groups in total. The third-order valence-corrected chi connectivity index (χ3v) is 4.89. The van der Waals surface area contributed by atoms with Gasteiger partial charge in [0.15, 0.2) is 0 Å². The van der Waals surface area contributed by atoms with Gasteiger partial charge in [0, 0.05) is 17.6 Å². The van der Waals surface area contributed by atoms with E-state index in [1.165, 1.54) is 15.9 Å². The van der Waals surface area contributed by atoms with Gasteiger partial charge in [-0.15, -0.1) is 11.3 Å². The van der Waals surface area contributed by atoms with E-state index in [4.69, 9.17) is 4.74 Å². The monoisotopic (exact) mass is 330 g/mol. The smallest absolute Gasteiger partial charge is 0.329 e. The van der Waals surface area contributed by atoms with Crippen molar-refractivity contribution in [3.05, 3.63) is 55.5 Å². The molecule has 0 saturated carbocycles. The number of fused-ring (bicyclic) bond motifs is 1. The second-order valence-corrected chi connectivity index (χ2v) is 6.71. The van der Waals surface area contributed by atoms with Crippen LogP contribution < -0.4 is 11.2 Å². The summed E-state index contributed by atoms with van der Waals surface area (Å²) in [4.78, 5) is 29.4. The molecule has 1 aromatic carbocycles. The van der Waals surface area contributed by atoms with Gasteiger partial charge in [0.1, 0.15) is 4.83 Å². The van der Waals surface area contributed by atoms with Crippen LogP contribution in [0.3, 0.4) is 0 Å². The highest BCUT2D eigenvalue weighted by molar-refractivity contribution is 7.19. The highest BCUT2D eigenvalue weighted by Gasteiger charge is 2.17. The van der Waals surface area contributed by atoms with E-state index in [2.05, 4.69) is 4.98 Å². The Morgan fingerprint density at radius 1 is 1.17 bits per heavy atom. The maximum absolute atomic E-state index is 12.8. The van der Waals surface area contributed by atoms with Crippen LogP contribution in [0.1, 0.15) is 10.4 Å². The third kappa shape index (κ3) is 2.75. The Morgan fingerprint density at radius 2 is 1.87 bits per heavy atom. The quantitative estimate of drug-likeness (QED) is 0.800. The first-order valence-electron chi connectivity index (χ1n) is 7.35. The summed E-state index contributed by atoms with van der Waals surface area (Å²) in [5, 5.41) is 0.576. The molecule has 0 fully saturated rings. The summed E-state index contributed by atoms with van der Waals surface area (Å²) in [6.45, 7) is 4.55. The van der Waals surface area contributed by atoms with Crippen LogP contribution in [0.15, 0.2) is 33.9 Å². The highest BCUT2D eigenvalue weighted by atomic mass is 32.1. The van der Waals surface area contributed by atoms with E-state index in [0.29, 0.717) is 16.8 Å². The van der Waals surface area contributed by atoms with Gasteiger partial charge in [-0.25, -0.2) is 4.79 Å². The highest BCUT2D eigenvalue weighted by Crippen LogP contribution is 2.35. The third-order valence-electron chi connectivity index (χ3n) is 3.87. The van der Waals surface area contributed by atoms with E-state index in [-0.39, 0.29) is 12.1 Å². The number of H-pyrrole nitrogens is 1. The lowest BCUT2D eigenvalue weighted by Crippen LogP contribution is -2.35. The molecule has 0 amide bonds. The number of hydrogen-bond acceptors (Lipinski definition) is 4. The summed E-state index contributed by atoms with van der Waals surface area (Å²) >= 11 is 1.44. The first kappa shape index (κ1) is 15.7. The van der Waals surface area contributed by atoms with Crippen LogP contribution in [-0.4, -0.2) is 23.3 Å². The maximum atomic E-state index is 12.8. The molecule has 0 aliphatic rings. The van der Waals surface area contributed by atoms with Crippen molar-refractivity contribution in [2.24, 2.45) is 0 Å². The molecule has 0 aliphatic heterocycles. The lowest BCUT2D eigenvalue weighted by Gasteiger charge is -2.06. The molecule has 0 radical (unpaired) electrons. The van der Waals surface area contributed by atoms with Gasteiger partial charge in [-0.3, -0.25) is 14.3 Å². The Hall–Kier alpha value is -2.18. The van der Waals surface area contributed by atoms with Crippen molar-refractivity contribution in [2.45, 2.75) is 20.4 Å². The molecule has 0 atom stereocenters. The zero-order chi connectivity index (χ0) is 16.6. The molecule has 6 heteroatoms. The van der Waals surface area contributed by atoms with E-state index in [1.54, 1.807) is 7.11 Å². The van der Waals surface area contributed by atoms with Crippen molar-refractivity contribution < 1.29 is 4.74 Å². The number of hydrogen-bond donors (Lipinski definition) is 1. The molecule has 0 aliphatic carbocycles. The van der Waals surface area contributed by atoms with Crippen molar-refractivity contribution in [3.8, 4) is 11.1 Å². The van der Waals surface area contributed by atoms with Gasteiger partial charge in [-0.05, 0) is 19.4 Å². The fourth-order valence-electron chi connectivity index (χ4n) is 2.68. The fourth-order valence-corrected chi connectivity index (χ4v) is 3.74. The first-order valence-corrected chi connectivity index (χ1v) is 8.16. The number of aromatic amines is 1. The van der Waals surface area contributed by atoms with Crippen molar-refractivity contribution in [1.29, 1.82) is 0 Å². The lowest BCUT2D eigenvalue weighted by molar-refractivity contribution is 0.185. The van der Waals surface area contributed by atoms with E-state index in [9.17, 15) is 9.59 Å². The van der Waals surface area contributed by atoms with Gasteiger partial charge in [0.25, 0.3) is 5.56 Å². The van der Waals surface area contributed by atoms with E-state index in [0.717, 1.165) is 21.6 Å². The minimum Gasteiger partial charge on any atom is -0.383 e. The number of aromatic nitrogens is 2. The molecule has 3 aromatic rings. The van der Waals surface area contributed by atoms with Crippen LogP contribution >= 0.6 is 11.3 Å². The molecule has 5 nitrogen and oxygen atoms in total. The molecule has 0 saturated heterocycles. The Morgan fingerprint density at radius 3 is 2.52 bits per heavy atom. The largest absolute Gasteiger partial charge is 0.383 e. The Balaban J connectivity index is 2.30. The van der Waals surface area contributed by atoms with E-state index >= 15 is 0 Å². The maximum Gasteiger partial charge on any atom is 0.329 e. The lowest BCUT2D eigenvalue weighted by atomic mass is 10.0. The van der Waals surface area contributed by atoms with Crippen LogP contribution in [0.25, 0.3) is 21.3 Å². The second kappa shape index (κ2) is 6.14. The molecule has 0 unspecified atom stereocenters. The summed E-state index contributed by atoms with van der Waals surface area (Å²) in [5.41, 5.74) is 2.40. The Kier molecular flexibility index (Phi) is 4.19. The minimum atomic E-state index is -0.392. The number of benzene rings is 1. The molecular weight excluding hydrogens is 312 g/mol. The molecule has 2 aromatic heterocycles. The second-order valence-electron chi connectivity index (χ2n) is 5.48. The predicted octanol–water partition coefficient (Wildman–Crippen LogP) is 2.68. The van der Waals surface area contributed by atoms with Crippen LogP contribution in [0.4, 0.5) is 0 Å². The van der Waals surface area contributed by atoms with Crippen molar-refractivity contribution in [3.63, 3.8) is 0 Å². The fraction of sp³-hybridized carbons (Fsp3) is 0.294. The van der Waals surface area contributed by atoms with Crippen LogP contribution in [0.2, 0.25) is 0 Å². The van der Waals surface area contributed by atoms with Gasteiger partial charge in [-0.1, -0.05) is 29.8 Å². The zero-order valence-corrected chi connectivity index (χ0v) is 14.1. The van der Waals surface area contributed by atoms with Crippen LogP contribution in [0.5, 0.6) is 0 Å². The molecule has 2 heterocycles. The van der Waals surface area contributed by atoms with Gasteiger partial charge >= 0.3 is 5.69 Å². The van der Waals surface area contributed by atoms with Crippen molar-refractivity contribution in [1.82, 2.24) is 9.55 Å². The van der Waals surface area contributed by atoms with Gasteiger partial charge in [0.05, 0.1) is 18.5 Å². The van der Waals surface area contributed by atoms with Crippen molar-refractivity contribution >= 4 is 21.6 Å². The molecule has 23 heavy (non-hydrogen) atoms. The molecule has 0 bridgehead atoms. The number of ether oxygens (including phenoxy) is 1. The molecule has 120 valence electrons. The number of nitrogens with zero attached hydrogens (tertiary/aromatic N) is 1. The zero-order valence-electron chi connectivity index (χ0n) is 13.3. The predicted molar refractivity (Wildman–Crippen MR) is 93.5 cm³/mol. The average molecular weight is 330 g/mol. The van der Waals surface area contributed by atoms with Crippen LogP contribution in [0, 0.1) is 13.8 Å². The Labute approximate surface area is 137 Å². The van der Waals surface area contributed by atoms with Crippen LogP contribution in [-0.2, 0) is 11.3 Å².